The number of carbonyl (C=O) groups is 1. The number of nitrogens with zero attached hydrogens (tertiary/aromatic N) is 2. The minimum atomic E-state index is -0.500. The molecule has 2 rings (SSSR count). The number of aromatic nitrogens is 2. The summed E-state index contributed by atoms with van der Waals surface area (Å²) in [5.74, 6) is 0.0693. The highest BCUT2D eigenvalue weighted by molar-refractivity contribution is 5.92. The Morgan fingerprint density at radius 1 is 1.43 bits per heavy atom. The average Bonchev–Trinajstić information content (AvgIpc) is 2.12. The Morgan fingerprint density at radius 2 is 2.07 bits per heavy atom. The van der Waals surface area contributed by atoms with Crippen LogP contribution in [0.25, 0.3) is 0 Å². The maximum Gasteiger partial charge on any atom is 0.251 e. The molecule has 0 radical (unpaired) electrons. The first-order chi connectivity index (χ1) is 6.75. The predicted octanol–water partition coefficient (Wildman–Crippen LogP) is 0.540. The molecule has 1 aliphatic rings. The van der Waals surface area contributed by atoms with Crippen LogP contribution >= 0.6 is 0 Å². The van der Waals surface area contributed by atoms with Crippen LogP contribution in [0.3, 0.4) is 0 Å². The Kier molecular flexibility index (Phi) is 2.30. The van der Waals surface area contributed by atoms with Crippen LogP contribution in [0.5, 0.6) is 0 Å². The van der Waals surface area contributed by atoms with E-state index in [1.165, 1.54) is 31.7 Å². The Balaban J connectivity index is 2.01. The number of anilines is 1. The molecule has 0 spiro atoms. The van der Waals surface area contributed by atoms with Gasteiger partial charge in [0.15, 0.2) is 0 Å². The second kappa shape index (κ2) is 3.61. The fraction of sp³-hybridized carbons (Fsp3) is 0.444. The molecule has 1 fully saturated rings. The van der Waals surface area contributed by atoms with Crippen LogP contribution in [0.15, 0.2) is 12.4 Å². The topological polar surface area (TPSA) is 80.9 Å². The first-order valence-corrected chi connectivity index (χ1v) is 4.64. The van der Waals surface area contributed by atoms with Gasteiger partial charge in [0.05, 0.1) is 5.56 Å². The zero-order chi connectivity index (χ0) is 9.97. The first-order valence-electron chi connectivity index (χ1n) is 4.64. The van der Waals surface area contributed by atoms with E-state index in [4.69, 9.17) is 5.73 Å². The summed E-state index contributed by atoms with van der Waals surface area (Å²) < 4.78 is 0. The molecule has 0 bridgehead atoms. The molecule has 0 atom stereocenters. The van der Waals surface area contributed by atoms with E-state index >= 15 is 0 Å². The minimum absolute atomic E-state index is 0.337. The van der Waals surface area contributed by atoms with E-state index < -0.39 is 5.91 Å². The van der Waals surface area contributed by atoms with Crippen molar-refractivity contribution >= 4 is 11.9 Å². The molecule has 0 unspecified atom stereocenters. The maximum atomic E-state index is 10.7. The number of nitrogens with one attached hydrogen (secondary N) is 1. The fourth-order valence-electron chi connectivity index (χ4n) is 1.26. The number of amides is 1. The molecule has 1 aromatic rings. The van der Waals surface area contributed by atoms with Crippen LogP contribution in [0.1, 0.15) is 29.6 Å². The lowest BCUT2D eigenvalue weighted by molar-refractivity contribution is 0.0999. The van der Waals surface area contributed by atoms with Gasteiger partial charge in [-0.3, -0.25) is 4.79 Å². The molecule has 74 valence electrons. The van der Waals surface area contributed by atoms with Crippen LogP contribution in [0, 0.1) is 0 Å². The van der Waals surface area contributed by atoms with Gasteiger partial charge >= 0.3 is 0 Å². The number of hydrogen-bond donors (Lipinski definition) is 2. The molecule has 0 saturated heterocycles. The van der Waals surface area contributed by atoms with Gasteiger partial charge in [0.2, 0.25) is 5.95 Å². The van der Waals surface area contributed by atoms with Crippen molar-refractivity contribution < 1.29 is 4.79 Å². The van der Waals surface area contributed by atoms with E-state index in [0.29, 0.717) is 17.6 Å². The average molecular weight is 192 g/mol. The first kappa shape index (κ1) is 8.93. The van der Waals surface area contributed by atoms with Crippen molar-refractivity contribution in [3.8, 4) is 0 Å². The van der Waals surface area contributed by atoms with Crippen molar-refractivity contribution in [3.05, 3.63) is 18.0 Å². The van der Waals surface area contributed by atoms with Crippen LogP contribution in [0.4, 0.5) is 5.95 Å². The Bertz CT molecular complexity index is 331. The zero-order valence-electron chi connectivity index (χ0n) is 7.73. The number of rotatable bonds is 3. The lowest BCUT2D eigenvalue weighted by atomic mass is 9.93. The molecule has 1 aliphatic carbocycles. The van der Waals surface area contributed by atoms with Gasteiger partial charge in [0, 0.05) is 18.4 Å². The van der Waals surface area contributed by atoms with E-state index in [1.807, 2.05) is 0 Å². The van der Waals surface area contributed by atoms with Crippen molar-refractivity contribution in [2.75, 3.05) is 5.32 Å². The quantitative estimate of drug-likeness (QED) is 0.732. The van der Waals surface area contributed by atoms with E-state index in [2.05, 4.69) is 15.3 Å². The smallest absolute Gasteiger partial charge is 0.251 e. The van der Waals surface area contributed by atoms with E-state index in [-0.39, 0.29) is 0 Å². The molecule has 5 nitrogen and oxygen atoms in total. The third-order valence-corrected chi connectivity index (χ3v) is 2.37. The van der Waals surface area contributed by atoms with Crippen LogP contribution in [-0.4, -0.2) is 21.9 Å². The van der Waals surface area contributed by atoms with Gasteiger partial charge in [-0.15, -0.1) is 0 Å². The van der Waals surface area contributed by atoms with Crippen molar-refractivity contribution in [1.29, 1.82) is 0 Å². The molecule has 3 N–H and O–H groups in total. The van der Waals surface area contributed by atoms with Crippen LogP contribution in [0.2, 0.25) is 0 Å². The number of hydrogen-bond acceptors (Lipinski definition) is 4. The highest BCUT2D eigenvalue weighted by Crippen LogP contribution is 2.21. The summed E-state index contributed by atoms with van der Waals surface area (Å²) in [5, 5.41) is 3.17. The summed E-state index contributed by atoms with van der Waals surface area (Å²) >= 11 is 0. The predicted molar refractivity (Wildman–Crippen MR) is 51.8 cm³/mol. The van der Waals surface area contributed by atoms with E-state index in [1.54, 1.807) is 0 Å². The highest BCUT2D eigenvalue weighted by atomic mass is 16.1. The summed E-state index contributed by atoms with van der Waals surface area (Å²) in [6, 6.07) is 0.495. The molecule has 1 heterocycles. The standard InChI is InChI=1S/C9H12N4O/c10-8(14)6-4-11-9(12-5-6)13-7-2-1-3-7/h4-5,7H,1-3H2,(H2,10,14)(H,11,12,13). The van der Waals surface area contributed by atoms with Gasteiger partial charge in [0.25, 0.3) is 5.91 Å². The second-order valence-electron chi connectivity index (χ2n) is 3.43. The molecular formula is C9H12N4O. The molecule has 1 aromatic heterocycles. The molecular weight excluding hydrogens is 180 g/mol. The third-order valence-electron chi connectivity index (χ3n) is 2.37. The minimum Gasteiger partial charge on any atom is -0.366 e. The highest BCUT2D eigenvalue weighted by Gasteiger charge is 2.17. The second-order valence-corrected chi connectivity index (χ2v) is 3.43. The monoisotopic (exact) mass is 192 g/mol. The lowest BCUT2D eigenvalue weighted by Gasteiger charge is -2.26. The van der Waals surface area contributed by atoms with Gasteiger partial charge in [0.1, 0.15) is 0 Å². The van der Waals surface area contributed by atoms with Gasteiger partial charge in [-0.05, 0) is 19.3 Å². The lowest BCUT2D eigenvalue weighted by Crippen LogP contribution is -2.28. The third kappa shape index (κ3) is 1.81. The number of nitrogens with two attached hydrogens (primary N) is 1. The van der Waals surface area contributed by atoms with Gasteiger partial charge in [-0.2, -0.15) is 0 Å². The van der Waals surface area contributed by atoms with E-state index in [9.17, 15) is 4.79 Å². The van der Waals surface area contributed by atoms with Gasteiger partial charge in [-0.25, -0.2) is 9.97 Å². The number of carbonyl (C=O) groups excluding carboxylic acids is 1. The Morgan fingerprint density at radius 3 is 2.50 bits per heavy atom. The maximum absolute atomic E-state index is 10.7. The van der Waals surface area contributed by atoms with Crippen molar-refractivity contribution in [2.24, 2.45) is 5.73 Å². The van der Waals surface area contributed by atoms with Crippen molar-refractivity contribution in [3.63, 3.8) is 0 Å². The molecule has 5 heteroatoms. The Hall–Kier alpha value is -1.65. The summed E-state index contributed by atoms with van der Waals surface area (Å²) in [5.41, 5.74) is 5.40. The fourth-order valence-corrected chi connectivity index (χ4v) is 1.26. The SMILES string of the molecule is NC(=O)c1cnc(NC2CCC2)nc1. The number of primary amides is 1. The van der Waals surface area contributed by atoms with Gasteiger partial charge in [-0.1, -0.05) is 0 Å². The summed E-state index contributed by atoms with van der Waals surface area (Å²) in [6.07, 6.45) is 6.48. The molecule has 14 heavy (non-hydrogen) atoms. The zero-order valence-corrected chi connectivity index (χ0v) is 7.73. The van der Waals surface area contributed by atoms with Crippen LogP contribution < -0.4 is 11.1 Å². The van der Waals surface area contributed by atoms with Crippen molar-refractivity contribution in [2.45, 2.75) is 25.3 Å². The Labute approximate surface area is 81.7 Å². The van der Waals surface area contributed by atoms with E-state index in [0.717, 1.165) is 0 Å². The normalized spacial score (nSPS) is 16.0. The molecule has 0 aliphatic heterocycles. The summed E-state index contributed by atoms with van der Waals surface area (Å²) in [4.78, 5) is 18.7. The summed E-state index contributed by atoms with van der Waals surface area (Å²) in [6.45, 7) is 0. The largest absolute Gasteiger partial charge is 0.366 e. The van der Waals surface area contributed by atoms with Gasteiger partial charge < -0.3 is 11.1 Å². The molecule has 1 amide bonds. The van der Waals surface area contributed by atoms with Crippen molar-refractivity contribution in [1.82, 2.24) is 9.97 Å². The van der Waals surface area contributed by atoms with Crippen LogP contribution in [-0.2, 0) is 0 Å². The summed E-state index contributed by atoms with van der Waals surface area (Å²) in [7, 11) is 0. The molecule has 0 aromatic carbocycles. The molecule has 1 saturated carbocycles.